The quantitative estimate of drug-likeness (QED) is 0.434. The van der Waals surface area contributed by atoms with Gasteiger partial charge in [-0.3, -0.25) is 23.9 Å². The summed E-state index contributed by atoms with van der Waals surface area (Å²) in [6.07, 6.45) is 1.78. The van der Waals surface area contributed by atoms with Crippen LogP contribution in [0, 0.1) is 17.0 Å². The lowest BCUT2D eigenvalue weighted by Gasteiger charge is -2.17. The molecule has 0 spiro atoms. The summed E-state index contributed by atoms with van der Waals surface area (Å²) in [5.41, 5.74) is 4.13. The molecule has 32 heavy (non-hydrogen) atoms. The van der Waals surface area contributed by atoms with Crippen LogP contribution in [-0.4, -0.2) is 35.3 Å². The Morgan fingerprint density at radius 2 is 1.88 bits per heavy atom. The van der Waals surface area contributed by atoms with Gasteiger partial charge in [-0.1, -0.05) is 20.8 Å². The lowest BCUT2D eigenvalue weighted by Crippen LogP contribution is -2.21. The molecule has 1 heterocycles. The van der Waals surface area contributed by atoms with E-state index in [4.69, 9.17) is 10.5 Å². The van der Waals surface area contributed by atoms with Crippen LogP contribution in [0.15, 0.2) is 28.7 Å². The highest BCUT2D eigenvalue weighted by Crippen LogP contribution is 2.24. The van der Waals surface area contributed by atoms with E-state index < -0.39 is 35.0 Å². The van der Waals surface area contributed by atoms with Crippen molar-refractivity contribution in [1.82, 2.24) is 4.57 Å². The SMILES string of the molecule is CC(C)(C)CC(=O)Nc1c(F)cc(C(=O)C/N=c2\sccn2COC(=O)CCN)cc1F. The first-order valence-corrected chi connectivity index (χ1v) is 10.7. The van der Waals surface area contributed by atoms with Crippen molar-refractivity contribution in [1.29, 1.82) is 0 Å². The number of hydrogen-bond acceptors (Lipinski definition) is 7. The minimum absolute atomic E-state index is 0.0772. The number of halogens is 2. The number of thiazole rings is 1. The number of nitrogens with two attached hydrogens (primary N) is 1. The smallest absolute Gasteiger partial charge is 0.308 e. The number of benzene rings is 1. The normalized spacial score (nSPS) is 12.0. The summed E-state index contributed by atoms with van der Waals surface area (Å²) in [7, 11) is 0. The number of esters is 1. The number of rotatable bonds is 9. The van der Waals surface area contributed by atoms with Crippen LogP contribution in [0.3, 0.4) is 0 Å². The van der Waals surface area contributed by atoms with E-state index in [1.165, 1.54) is 15.9 Å². The lowest BCUT2D eigenvalue weighted by atomic mass is 9.92. The summed E-state index contributed by atoms with van der Waals surface area (Å²) in [6.45, 7) is 5.18. The molecule has 1 aromatic carbocycles. The third kappa shape index (κ3) is 7.65. The standard InChI is InChI=1S/C21H26F2N4O4S/c1-21(2,3)10-17(29)26-19-14(22)8-13(9-15(19)23)16(28)11-25-20-27(6-7-32-20)12-31-18(30)4-5-24/h6-9H,4-5,10-12,24H2,1-3H3,(H,26,29)/b25-20-. The molecule has 0 saturated carbocycles. The van der Waals surface area contributed by atoms with Crippen LogP contribution in [0.2, 0.25) is 0 Å². The molecule has 0 unspecified atom stereocenters. The summed E-state index contributed by atoms with van der Waals surface area (Å²) >= 11 is 1.20. The summed E-state index contributed by atoms with van der Waals surface area (Å²) in [5, 5.41) is 3.91. The van der Waals surface area contributed by atoms with Gasteiger partial charge in [0.2, 0.25) is 5.91 Å². The van der Waals surface area contributed by atoms with E-state index in [1.54, 1.807) is 11.6 Å². The number of nitrogens with zero attached hydrogens (tertiary/aromatic N) is 2. The van der Waals surface area contributed by atoms with Crippen molar-refractivity contribution in [2.75, 3.05) is 18.4 Å². The predicted octanol–water partition coefficient (Wildman–Crippen LogP) is 2.84. The number of carbonyl (C=O) groups excluding carboxylic acids is 3. The second kappa shape index (κ2) is 11.1. The van der Waals surface area contributed by atoms with Crippen molar-refractivity contribution in [3.05, 3.63) is 45.7 Å². The number of amides is 1. The van der Waals surface area contributed by atoms with E-state index in [-0.39, 0.29) is 43.6 Å². The van der Waals surface area contributed by atoms with Gasteiger partial charge in [-0.05, 0) is 17.5 Å². The molecule has 1 aromatic heterocycles. The van der Waals surface area contributed by atoms with Crippen molar-refractivity contribution < 1.29 is 27.9 Å². The van der Waals surface area contributed by atoms with Gasteiger partial charge < -0.3 is 15.8 Å². The third-order valence-electron chi connectivity index (χ3n) is 4.05. The highest BCUT2D eigenvalue weighted by atomic mass is 32.1. The Labute approximate surface area is 188 Å². The van der Waals surface area contributed by atoms with Gasteiger partial charge in [0.25, 0.3) is 0 Å². The molecule has 0 aliphatic carbocycles. The van der Waals surface area contributed by atoms with Crippen LogP contribution in [0.4, 0.5) is 14.5 Å². The van der Waals surface area contributed by atoms with Gasteiger partial charge in [0.05, 0.1) is 6.42 Å². The monoisotopic (exact) mass is 468 g/mol. The second-order valence-corrected chi connectivity index (χ2v) is 9.05. The van der Waals surface area contributed by atoms with Crippen molar-refractivity contribution in [3.63, 3.8) is 0 Å². The Morgan fingerprint density at radius 1 is 1.22 bits per heavy atom. The molecule has 0 saturated heterocycles. The van der Waals surface area contributed by atoms with E-state index in [2.05, 4.69) is 10.3 Å². The Balaban J connectivity index is 2.09. The number of hydrogen-bond donors (Lipinski definition) is 2. The molecule has 1 amide bonds. The molecule has 11 heteroatoms. The van der Waals surface area contributed by atoms with Crippen LogP contribution < -0.4 is 15.9 Å². The number of ether oxygens (including phenoxy) is 1. The van der Waals surface area contributed by atoms with Gasteiger partial charge >= 0.3 is 5.97 Å². The van der Waals surface area contributed by atoms with Gasteiger partial charge in [0, 0.05) is 30.1 Å². The summed E-state index contributed by atoms with van der Waals surface area (Å²) in [6, 6.07) is 1.73. The summed E-state index contributed by atoms with van der Waals surface area (Å²) in [5.74, 6) is -3.70. The molecule has 3 N–H and O–H groups in total. The number of carbonyl (C=O) groups is 3. The van der Waals surface area contributed by atoms with Crippen LogP contribution >= 0.6 is 11.3 Å². The Hall–Kier alpha value is -2.92. The maximum atomic E-state index is 14.4. The molecule has 8 nitrogen and oxygen atoms in total. The zero-order valence-electron chi connectivity index (χ0n) is 18.1. The minimum atomic E-state index is -1.05. The number of nitrogens with one attached hydrogen (secondary N) is 1. The molecule has 0 radical (unpaired) electrons. The van der Waals surface area contributed by atoms with E-state index in [0.29, 0.717) is 4.80 Å². The molecule has 2 aromatic rings. The molecule has 174 valence electrons. The number of aromatic nitrogens is 1. The van der Waals surface area contributed by atoms with Gasteiger partial charge in [-0.2, -0.15) is 0 Å². The Kier molecular flexibility index (Phi) is 8.79. The van der Waals surface area contributed by atoms with E-state index in [9.17, 15) is 23.2 Å². The van der Waals surface area contributed by atoms with E-state index >= 15 is 0 Å². The molecule has 0 atom stereocenters. The summed E-state index contributed by atoms with van der Waals surface area (Å²) in [4.78, 5) is 40.4. The number of ketones is 1. The third-order valence-corrected chi connectivity index (χ3v) is 4.88. The van der Waals surface area contributed by atoms with Crippen LogP contribution in [-0.2, 0) is 21.1 Å². The maximum absolute atomic E-state index is 14.4. The first kappa shape index (κ1) is 25.3. The zero-order valence-corrected chi connectivity index (χ0v) is 18.9. The fraction of sp³-hybridized carbons (Fsp3) is 0.429. The van der Waals surface area contributed by atoms with Gasteiger partial charge in [-0.25, -0.2) is 8.78 Å². The van der Waals surface area contributed by atoms with Crippen molar-refractivity contribution in [2.24, 2.45) is 16.1 Å². The van der Waals surface area contributed by atoms with Gasteiger partial charge in [0.15, 0.2) is 17.3 Å². The number of anilines is 1. The van der Waals surface area contributed by atoms with Crippen LogP contribution in [0.5, 0.6) is 0 Å². The fourth-order valence-corrected chi connectivity index (χ4v) is 3.32. The highest BCUT2D eigenvalue weighted by Gasteiger charge is 2.20. The molecule has 2 rings (SSSR count). The average molecular weight is 469 g/mol. The van der Waals surface area contributed by atoms with Gasteiger partial charge in [-0.15, -0.1) is 11.3 Å². The largest absolute Gasteiger partial charge is 0.444 e. The molecular formula is C21H26F2N4O4S. The average Bonchev–Trinajstić information content (AvgIpc) is 3.13. The van der Waals surface area contributed by atoms with E-state index in [1.807, 2.05) is 20.8 Å². The topological polar surface area (TPSA) is 116 Å². The second-order valence-electron chi connectivity index (χ2n) is 8.18. The minimum Gasteiger partial charge on any atom is -0.444 e. The van der Waals surface area contributed by atoms with Crippen molar-refractivity contribution in [3.8, 4) is 0 Å². The summed E-state index contributed by atoms with van der Waals surface area (Å²) < 4.78 is 35.3. The Bertz CT molecular complexity index is 1030. The first-order chi connectivity index (χ1) is 15.0. The van der Waals surface area contributed by atoms with E-state index in [0.717, 1.165) is 12.1 Å². The molecular weight excluding hydrogens is 442 g/mol. The number of Topliss-reactive ketones (excluding diaryl/α,β-unsaturated/α-hetero) is 1. The molecule has 0 fully saturated rings. The Morgan fingerprint density at radius 3 is 2.47 bits per heavy atom. The van der Waals surface area contributed by atoms with Crippen LogP contribution in [0.1, 0.15) is 44.0 Å². The molecule has 0 aliphatic heterocycles. The van der Waals surface area contributed by atoms with Gasteiger partial charge in [0.1, 0.15) is 23.9 Å². The highest BCUT2D eigenvalue weighted by molar-refractivity contribution is 7.07. The van der Waals surface area contributed by atoms with Crippen molar-refractivity contribution >= 4 is 34.7 Å². The van der Waals surface area contributed by atoms with Crippen molar-refractivity contribution in [2.45, 2.75) is 40.3 Å². The molecule has 0 bridgehead atoms. The maximum Gasteiger partial charge on any atom is 0.308 e. The predicted molar refractivity (Wildman–Crippen MR) is 116 cm³/mol. The molecule has 0 aliphatic rings. The zero-order chi connectivity index (χ0) is 23.9. The lowest BCUT2D eigenvalue weighted by molar-refractivity contribution is -0.147. The first-order valence-electron chi connectivity index (χ1n) is 9.82. The fourth-order valence-electron chi connectivity index (χ4n) is 2.60. The van der Waals surface area contributed by atoms with Crippen LogP contribution in [0.25, 0.3) is 0 Å².